The number of anilines is 18. The number of benzene rings is 15. The Hall–Kier alpha value is -13.2. The third-order valence-corrected chi connectivity index (χ3v) is 18.4. The van der Waals surface area contributed by atoms with Crippen molar-refractivity contribution in [1.29, 1.82) is 0 Å². The molecule has 0 atom stereocenters. The fourth-order valence-corrected chi connectivity index (χ4v) is 13.7. The molecule has 0 spiro atoms. The second-order valence-electron chi connectivity index (χ2n) is 24.9. The Morgan fingerprint density at radius 2 is 0.307 bits per heavy atom. The summed E-state index contributed by atoms with van der Waals surface area (Å²) in [6.07, 6.45) is 1.67. The number of hydrogen-bond donors (Lipinski definition) is 0. The Morgan fingerprint density at radius 3 is 0.465 bits per heavy atom. The Balaban J connectivity index is 0.823. The zero-order valence-electron chi connectivity index (χ0n) is 56.4. The summed E-state index contributed by atoms with van der Waals surface area (Å²) in [7, 11) is 0. The highest BCUT2D eigenvalue weighted by Crippen LogP contribution is 2.46. The van der Waals surface area contributed by atoms with Crippen molar-refractivity contribution in [2.24, 2.45) is 0 Å². The lowest BCUT2D eigenvalue weighted by atomic mass is 9.88. The Labute approximate surface area is 594 Å². The molecular weight excluding hydrogens is 1230 g/mol. The molecule has 0 aromatic heterocycles. The Bertz CT molecular complexity index is 4380. The van der Waals surface area contributed by atoms with Crippen LogP contribution in [0.15, 0.2) is 424 Å². The largest absolute Gasteiger partial charge is 0.311 e. The van der Waals surface area contributed by atoms with Gasteiger partial charge in [-0.1, -0.05) is 213 Å². The van der Waals surface area contributed by atoms with E-state index in [1.165, 1.54) is 16.7 Å². The summed E-state index contributed by atoms with van der Waals surface area (Å²) in [6.45, 7) is 2.30. The minimum absolute atomic E-state index is 0.809. The van der Waals surface area contributed by atoms with Crippen molar-refractivity contribution >= 4 is 108 Å². The maximum Gasteiger partial charge on any atom is 0.0463 e. The molecule has 0 bridgehead atoms. The summed E-state index contributed by atoms with van der Waals surface area (Å²) >= 11 is 0. The van der Waals surface area contributed by atoms with Gasteiger partial charge in [0.2, 0.25) is 0 Å². The topological polar surface area (TPSA) is 19.4 Å². The van der Waals surface area contributed by atoms with Crippen LogP contribution < -0.4 is 29.4 Å². The molecule has 15 aromatic carbocycles. The SMILES string of the molecule is CCC(Cc1ccccc1)=C(c1ccc(N(c2ccc(N(c3ccccc3)c3ccccc3)cc2)c2ccc(N(c3ccccc3)c3ccccc3)cc2)cc1)c1ccc(N(c2ccc(N(c3ccccc3)c3ccccc3)cc2)c2ccc(N(c3ccccc3)c3ccccc3)cc2)cc1. The van der Waals surface area contributed by atoms with E-state index in [0.29, 0.717) is 0 Å². The second-order valence-corrected chi connectivity index (χ2v) is 24.9. The number of nitrogens with zero attached hydrogens (tertiary/aromatic N) is 6. The maximum absolute atomic E-state index is 2.38. The fraction of sp³-hybridized carbons (Fsp3) is 0.0316. The van der Waals surface area contributed by atoms with Crippen LogP contribution in [-0.4, -0.2) is 0 Å². The maximum atomic E-state index is 2.38. The first-order valence-corrected chi connectivity index (χ1v) is 34.7. The van der Waals surface area contributed by atoms with Gasteiger partial charge in [0.1, 0.15) is 0 Å². The first kappa shape index (κ1) is 63.9. The number of para-hydroxylation sites is 8. The second kappa shape index (κ2) is 30.5. The first-order valence-electron chi connectivity index (χ1n) is 34.7. The summed E-state index contributed by atoms with van der Waals surface area (Å²) in [5, 5.41) is 0. The molecule has 0 unspecified atom stereocenters. The highest BCUT2D eigenvalue weighted by atomic mass is 15.2. The summed E-state index contributed by atoms with van der Waals surface area (Å²) in [5.74, 6) is 0. The van der Waals surface area contributed by atoms with E-state index < -0.39 is 0 Å². The van der Waals surface area contributed by atoms with E-state index in [4.69, 9.17) is 0 Å². The Kier molecular flexibility index (Phi) is 19.3. The van der Waals surface area contributed by atoms with Gasteiger partial charge in [-0.15, -0.1) is 0 Å². The molecule has 15 aromatic rings. The van der Waals surface area contributed by atoms with Crippen molar-refractivity contribution in [3.8, 4) is 0 Å². The van der Waals surface area contributed by atoms with Gasteiger partial charge in [-0.2, -0.15) is 0 Å². The Morgan fingerprint density at radius 1 is 0.168 bits per heavy atom. The molecule has 0 aliphatic heterocycles. The smallest absolute Gasteiger partial charge is 0.0463 e. The van der Waals surface area contributed by atoms with Crippen molar-refractivity contribution in [1.82, 2.24) is 0 Å². The number of hydrogen-bond acceptors (Lipinski definition) is 6. The van der Waals surface area contributed by atoms with Crippen LogP contribution in [0.3, 0.4) is 0 Å². The van der Waals surface area contributed by atoms with Crippen molar-refractivity contribution in [2.75, 3.05) is 29.4 Å². The molecule has 101 heavy (non-hydrogen) atoms. The quantitative estimate of drug-likeness (QED) is 0.0631. The van der Waals surface area contributed by atoms with E-state index in [1.54, 1.807) is 0 Å². The lowest BCUT2D eigenvalue weighted by Crippen LogP contribution is -2.13. The van der Waals surface area contributed by atoms with Gasteiger partial charge in [0.25, 0.3) is 0 Å². The monoisotopic (exact) mass is 1300 g/mol. The van der Waals surface area contributed by atoms with Crippen molar-refractivity contribution in [3.05, 3.63) is 441 Å². The average Bonchev–Trinajstić information content (AvgIpc) is 0.805. The van der Waals surface area contributed by atoms with Crippen LogP contribution in [0.1, 0.15) is 30.0 Å². The summed E-state index contributed by atoms with van der Waals surface area (Å²) in [4.78, 5) is 14.0. The molecule has 0 aliphatic rings. The van der Waals surface area contributed by atoms with Crippen LogP contribution in [0.2, 0.25) is 0 Å². The van der Waals surface area contributed by atoms with Gasteiger partial charge in [-0.25, -0.2) is 0 Å². The van der Waals surface area contributed by atoms with E-state index >= 15 is 0 Å². The lowest BCUT2D eigenvalue weighted by molar-refractivity contribution is 1.01. The molecule has 0 saturated carbocycles. The number of allylic oxidation sites excluding steroid dienone is 1. The van der Waals surface area contributed by atoms with Gasteiger partial charge >= 0.3 is 0 Å². The molecular formula is C95H76N6. The molecule has 0 aliphatic carbocycles. The van der Waals surface area contributed by atoms with E-state index in [0.717, 1.165) is 126 Å². The third kappa shape index (κ3) is 14.3. The van der Waals surface area contributed by atoms with Gasteiger partial charge in [0.15, 0.2) is 0 Å². The molecule has 0 fully saturated rings. The molecule has 0 heterocycles. The third-order valence-electron chi connectivity index (χ3n) is 18.4. The van der Waals surface area contributed by atoms with E-state index in [-0.39, 0.29) is 0 Å². The van der Waals surface area contributed by atoms with Gasteiger partial charge in [-0.3, -0.25) is 0 Å². The molecule has 6 heteroatoms. The van der Waals surface area contributed by atoms with Gasteiger partial charge in [0.05, 0.1) is 0 Å². The van der Waals surface area contributed by atoms with E-state index in [2.05, 4.69) is 455 Å². The summed E-state index contributed by atoms with van der Waals surface area (Å²) in [5.41, 5.74) is 25.3. The lowest BCUT2D eigenvalue weighted by Gasteiger charge is -2.30. The zero-order valence-corrected chi connectivity index (χ0v) is 56.4. The summed E-state index contributed by atoms with van der Waals surface area (Å²) in [6, 6.07) is 150. The molecule has 0 N–H and O–H groups in total. The standard InChI is InChI=1S/C95H76N6/c1-2-74(72-73-30-12-3-13-31-73)95(75-48-52-85(53-49-75)100(91-64-56-87(57-65-91)96(77-32-14-4-15-33-77)78-34-16-5-17-35-78)92-66-58-88(59-67-92)97(79-36-18-6-19-37-79)80-38-20-7-21-39-80)76-50-54-86(55-51-76)101(93-68-60-89(61-69-93)98(81-40-22-8-23-41-81)82-42-24-9-25-43-82)94-70-62-90(63-71-94)99(83-44-26-10-27-45-83)84-46-28-11-29-47-84/h3-71H,2,72H2,1H3. The van der Waals surface area contributed by atoms with Crippen molar-refractivity contribution in [3.63, 3.8) is 0 Å². The van der Waals surface area contributed by atoms with E-state index in [1.807, 2.05) is 0 Å². The van der Waals surface area contributed by atoms with Crippen LogP contribution in [0.4, 0.5) is 102 Å². The van der Waals surface area contributed by atoms with Crippen LogP contribution in [-0.2, 0) is 6.42 Å². The number of rotatable bonds is 23. The fourth-order valence-electron chi connectivity index (χ4n) is 13.7. The molecule has 0 saturated heterocycles. The minimum Gasteiger partial charge on any atom is -0.311 e. The van der Waals surface area contributed by atoms with Gasteiger partial charge < -0.3 is 29.4 Å². The predicted octanol–water partition coefficient (Wildman–Crippen LogP) is 27.0. The van der Waals surface area contributed by atoms with E-state index in [9.17, 15) is 0 Å². The van der Waals surface area contributed by atoms with Gasteiger partial charge in [-0.05, 0) is 253 Å². The molecule has 6 nitrogen and oxygen atoms in total. The highest BCUT2D eigenvalue weighted by molar-refractivity contribution is 5.89. The predicted molar refractivity (Wildman–Crippen MR) is 427 cm³/mol. The van der Waals surface area contributed by atoms with Crippen molar-refractivity contribution in [2.45, 2.75) is 19.8 Å². The van der Waals surface area contributed by atoms with Crippen LogP contribution in [0, 0.1) is 0 Å². The first-order chi connectivity index (χ1) is 50.1. The molecule has 0 amide bonds. The molecule has 486 valence electrons. The molecule has 0 radical (unpaired) electrons. The summed E-state index contributed by atoms with van der Waals surface area (Å²) < 4.78 is 0. The average molecular weight is 1300 g/mol. The highest BCUT2D eigenvalue weighted by Gasteiger charge is 2.23. The van der Waals surface area contributed by atoms with Crippen molar-refractivity contribution < 1.29 is 0 Å². The minimum atomic E-state index is 0.809. The van der Waals surface area contributed by atoms with Crippen LogP contribution in [0.25, 0.3) is 5.57 Å². The molecule has 15 rings (SSSR count). The normalized spacial score (nSPS) is 10.9. The van der Waals surface area contributed by atoms with Crippen LogP contribution in [0.5, 0.6) is 0 Å². The zero-order chi connectivity index (χ0) is 67.9. The van der Waals surface area contributed by atoms with Gasteiger partial charge in [0, 0.05) is 102 Å². The van der Waals surface area contributed by atoms with Crippen LogP contribution >= 0.6 is 0 Å².